The first-order valence-electron chi connectivity index (χ1n) is 3.08. The number of hydrogen-bond donors (Lipinski definition) is 2. The summed E-state index contributed by atoms with van der Waals surface area (Å²) in [6.07, 6.45) is 0.396. The molecule has 4 N–H and O–H groups in total. The van der Waals surface area contributed by atoms with E-state index in [0.717, 1.165) is 0 Å². The molecule has 0 atom stereocenters. The van der Waals surface area contributed by atoms with E-state index in [9.17, 15) is 4.79 Å². The molecule has 58 valence electrons. The van der Waals surface area contributed by atoms with Crippen LogP contribution in [0.25, 0.3) is 0 Å². The summed E-state index contributed by atoms with van der Waals surface area (Å²) < 4.78 is 0. The van der Waals surface area contributed by atoms with Gasteiger partial charge in [0.15, 0.2) is 0 Å². The Labute approximate surface area is 60.5 Å². The minimum absolute atomic E-state index is 0.0992. The van der Waals surface area contributed by atoms with Crippen LogP contribution in [-0.4, -0.2) is 17.5 Å². The van der Waals surface area contributed by atoms with E-state index in [4.69, 9.17) is 11.5 Å². The molecule has 0 radical (unpaired) electrons. The van der Waals surface area contributed by atoms with Gasteiger partial charge in [-0.25, -0.2) is 0 Å². The third-order valence-electron chi connectivity index (χ3n) is 1.13. The lowest BCUT2D eigenvalue weighted by Gasteiger charge is -2.18. The van der Waals surface area contributed by atoms with Crippen LogP contribution in [0.3, 0.4) is 0 Å². The van der Waals surface area contributed by atoms with Gasteiger partial charge in [-0.05, 0) is 0 Å². The summed E-state index contributed by atoms with van der Waals surface area (Å²) in [4.78, 5) is 12.1. The summed E-state index contributed by atoms with van der Waals surface area (Å²) in [6.45, 7) is 5.24. The molecule has 0 unspecified atom stereocenters. The summed E-state index contributed by atoms with van der Waals surface area (Å²) in [5.74, 6) is 0.101. The topological polar surface area (TPSA) is 72.3 Å². The SMILES string of the molecule is C=C(N)N(CN)C(=O)CC. The molecule has 0 aliphatic carbocycles. The molecule has 0 saturated carbocycles. The molecule has 0 saturated heterocycles. The molecule has 0 aromatic rings. The van der Waals surface area contributed by atoms with E-state index in [2.05, 4.69) is 6.58 Å². The van der Waals surface area contributed by atoms with E-state index in [0.29, 0.717) is 6.42 Å². The maximum absolute atomic E-state index is 10.9. The first-order valence-corrected chi connectivity index (χ1v) is 3.08. The van der Waals surface area contributed by atoms with Crippen molar-refractivity contribution >= 4 is 5.91 Å². The van der Waals surface area contributed by atoms with Gasteiger partial charge < -0.3 is 11.5 Å². The van der Waals surface area contributed by atoms with Gasteiger partial charge in [-0.2, -0.15) is 0 Å². The standard InChI is InChI=1S/C6H13N3O/c1-3-6(10)9(4-7)5(2)8/h2-4,7-8H2,1H3. The zero-order valence-electron chi connectivity index (χ0n) is 6.13. The van der Waals surface area contributed by atoms with Crippen molar-refractivity contribution in [2.24, 2.45) is 11.5 Å². The summed E-state index contributed by atoms with van der Waals surface area (Å²) in [5, 5.41) is 0. The second-order valence-corrected chi connectivity index (χ2v) is 1.85. The second kappa shape index (κ2) is 3.90. The Hall–Kier alpha value is -1.03. The van der Waals surface area contributed by atoms with Crippen LogP contribution in [-0.2, 0) is 4.79 Å². The van der Waals surface area contributed by atoms with E-state index < -0.39 is 0 Å². The predicted octanol–water partition coefficient (Wildman–Crippen LogP) is -0.429. The van der Waals surface area contributed by atoms with Crippen LogP contribution in [0.1, 0.15) is 13.3 Å². The molecule has 0 aliphatic rings. The van der Waals surface area contributed by atoms with Gasteiger partial charge in [-0.3, -0.25) is 9.69 Å². The maximum atomic E-state index is 10.9. The van der Waals surface area contributed by atoms with Gasteiger partial charge in [0.05, 0.1) is 12.5 Å². The smallest absolute Gasteiger partial charge is 0.228 e. The molecule has 0 spiro atoms. The third-order valence-corrected chi connectivity index (χ3v) is 1.13. The lowest BCUT2D eigenvalue weighted by Crippen LogP contribution is -2.37. The van der Waals surface area contributed by atoms with Crippen molar-refractivity contribution in [2.75, 3.05) is 6.67 Å². The zero-order chi connectivity index (χ0) is 8.15. The van der Waals surface area contributed by atoms with Crippen molar-refractivity contribution < 1.29 is 4.79 Å². The normalized spacial score (nSPS) is 9.00. The van der Waals surface area contributed by atoms with Gasteiger partial charge in [0, 0.05) is 6.42 Å². The van der Waals surface area contributed by atoms with Crippen LogP contribution in [0.4, 0.5) is 0 Å². The number of carbonyl (C=O) groups is 1. The molecule has 1 amide bonds. The lowest BCUT2D eigenvalue weighted by atomic mass is 10.4. The fraction of sp³-hybridized carbons (Fsp3) is 0.500. The summed E-state index contributed by atoms with van der Waals surface area (Å²) in [6, 6.07) is 0. The van der Waals surface area contributed by atoms with E-state index in [-0.39, 0.29) is 18.4 Å². The van der Waals surface area contributed by atoms with Gasteiger partial charge in [-0.15, -0.1) is 0 Å². The average molecular weight is 143 g/mol. The molecule has 0 fully saturated rings. The average Bonchev–Trinajstić information content (AvgIpc) is 1.88. The van der Waals surface area contributed by atoms with E-state index in [1.165, 1.54) is 4.90 Å². The minimum atomic E-state index is -0.102. The highest BCUT2D eigenvalue weighted by Gasteiger charge is 2.08. The van der Waals surface area contributed by atoms with Crippen molar-refractivity contribution in [2.45, 2.75) is 13.3 Å². The molecule has 0 rings (SSSR count). The molecule has 10 heavy (non-hydrogen) atoms. The number of carbonyl (C=O) groups excluding carboxylic acids is 1. The van der Waals surface area contributed by atoms with Crippen LogP contribution in [0.5, 0.6) is 0 Å². The Kier molecular flexibility index (Phi) is 3.49. The van der Waals surface area contributed by atoms with Gasteiger partial charge >= 0.3 is 0 Å². The molecule has 0 aromatic carbocycles. The second-order valence-electron chi connectivity index (χ2n) is 1.85. The van der Waals surface area contributed by atoms with E-state index in [1.54, 1.807) is 6.92 Å². The highest BCUT2D eigenvalue weighted by atomic mass is 16.2. The minimum Gasteiger partial charge on any atom is -0.385 e. The van der Waals surface area contributed by atoms with Crippen LogP contribution in [0.15, 0.2) is 12.4 Å². The molecule has 0 heterocycles. The van der Waals surface area contributed by atoms with Crippen molar-refractivity contribution in [3.8, 4) is 0 Å². The quantitative estimate of drug-likeness (QED) is 0.526. The maximum Gasteiger partial charge on any atom is 0.228 e. The number of rotatable bonds is 3. The Morgan fingerprint density at radius 2 is 2.20 bits per heavy atom. The third kappa shape index (κ3) is 2.06. The van der Waals surface area contributed by atoms with Gasteiger partial charge in [0.1, 0.15) is 0 Å². The molecule has 0 aromatic heterocycles. The van der Waals surface area contributed by atoms with Crippen LogP contribution < -0.4 is 11.5 Å². The Morgan fingerprint density at radius 3 is 2.30 bits per heavy atom. The molecule has 0 aliphatic heterocycles. The van der Waals surface area contributed by atoms with Gasteiger partial charge in [0.25, 0.3) is 0 Å². The van der Waals surface area contributed by atoms with Gasteiger partial charge in [-0.1, -0.05) is 13.5 Å². The molecular formula is C6H13N3O. The molecule has 4 nitrogen and oxygen atoms in total. The van der Waals surface area contributed by atoms with Crippen molar-refractivity contribution in [3.05, 3.63) is 12.4 Å². The molecule has 0 bridgehead atoms. The largest absolute Gasteiger partial charge is 0.385 e. The predicted molar refractivity (Wildman–Crippen MR) is 39.5 cm³/mol. The van der Waals surface area contributed by atoms with Crippen molar-refractivity contribution in [1.82, 2.24) is 4.90 Å². The Bertz CT molecular complexity index is 144. The number of nitrogens with two attached hydrogens (primary N) is 2. The molecule has 4 heteroatoms. The Balaban J connectivity index is 4.06. The number of nitrogens with zero attached hydrogens (tertiary/aromatic N) is 1. The number of amides is 1. The Morgan fingerprint density at radius 1 is 1.70 bits per heavy atom. The van der Waals surface area contributed by atoms with Crippen LogP contribution in [0, 0.1) is 0 Å². The van der Waals surface area contributed by atoms with E-state index in [1.807, 2.05) is 0 Å². The first kappa shape index (κ1) is 8.97. The number of hydrogen-bond acceptors (Lipinski definition) is 3. The van der Waals surface area contributed by atoms with Crippen LogP contribution >= 0.6 is 0 Å². The monoisotopic (exact) mass is 143 g/mol. The lowest BCUT2D eigenvalue weighted by molar-refractivity contribution is -0.128. The summed E-state index contributed by atoms with van der Waals surface area (Å²) in [5.41, 5.74) is 10.5. The highest BCUT2D eigenvalue weighted by Crippen LogP contribution is 1.95. The summed E-state index contributed by atoms with van der Waals surface area (Å²) >= 11 is 0. The first-order chi connectivity index (χ1) is 4.63. The fourth-order valence-corrected chi connectivity index (χ4v) is 0.570. The summed E-state index contributed by atoms with van der Waals surface area (Å²) in [7, 11) is 0. The van der Waals surface area contributed by atoms with Crippen molar-refractivity contribution in [3.63, 3.8) is 0 Å². The molecular weight excluding hydrogens is 130 g/mol. The zero-order valence-corrected chi connectivity index (χ0v) is 6.13. The highest BCUT2D eigenvalue weighted by molar-refractivity contribution is 5.77. The van der Waals surface area contributed by atoms with E-state index >= 15 is 0 Å². The fourth-order valence-electron chi connectivity index (χ4n) is 0.570. The van der Waals surface area contributed by atoms with Crippen molar-refractivity contribution in [1.29, 1.82) is 0 Å². The van der Waals surface area contributed by atoms with Gasteiger partial charge in [0.2, 0.25) is 5.91 Å². The van der Waals surface area contributed by atoms with Crippen LogP contribution in [0.2, 0.25) is 0 Å².